The molecule has 0 aromatic heterocycles. The molecule has 2 aromatic carbocycles. The smallest absolute Gasteiger partial charge is 0.311 e. The standard InChI is InChI=1S/C43H59F2NO5/c1-43-17-9-3-4-12-29(26-43)20-37-38(43)21-30(22-39(37)44)27-50-28-32(47)14-7-10-18-49-19-11-8-16-41(48)51-33-24-35-34-15-6-2-5-13-31(42(34)46)23-36(35)40(45)25-33/h21-22,24-25,29,31,34,42H,2-20,23,26-28,46H2,1H3/t29-,31-,34+,42-,43-/m0/s1. The molecule has 0 saturated heterocycles. The second-order valence-corrected chi connectivity index (χ2v) is 16.3. The van der Waals surface area contributed by atoms with Crippen molar-refractivity contribution in [2.24, 2.45) is 17.6 Å². The van der Waals surface area contributed by atoms with Gasteiger partial charge in [0.25, 0.3) is 0 Å². The number of esters is 1. The lowest BCUT2D eigenvalue weighted by Gasteiger charge is -2.42. The maximum Gasteiger partial charge on any atom is 0.311 e. The van der Waals surface area contributed by atoms with E-state index in [1.165, 1.54) is 38.2 Å². The van der Waals surface area contributed by atoms with Gasteiger partial charge >= 0.3 is 5.97 Å². The van der Waals surface area contributed by atoms with E-state index in [1.807, 2.05) is 6.07 Å². The van der Waals surface area contributed by atoms with Crippen LogP contribution >= 0.6 is 0 Å². The van der Waals surface area contributed by atoms with Gasteiger partial charge in [-0.15, -0.1) is 0 Å². The van der Waals surface area contributed by atoms with Crippen LogP contribution in [-0.2, 0) is 43.9 Å². The summed E-state index contributed by atoms with van der Waals surface area (Å²) in [6, 6.07) is 6.98. The van der Waals surface area contributed by atoms with Crippen molar-refractivity contribution >= 4 is 11.8 Å². The molecule has 0 radical (unpaired) electrons. The number of nitrogens with two attached hydrogens (primary N) is 1. The van der Waals surface area contributed by atoms with Crippen LogP contribution in [0.1, 0.15) is 150 Å². The van der Waals surface area contributed by atoms with E-state index in [4.69, 9.17) is 19.9 Å². The second-order valence-electron chi connectivity index (χ2n) is 16.3. The predicted molar refractivity (Wildman–Crippen MR) is 195 cm³/mol. The number of carbonyl (C=O) groups is 2. The molecule has 51 heavy (non-hydrogen) atoms. The predicted octanol–water partition coefficient (Wildman–Crippen LogP) is 9.34. The van der Waals surface area contributed by atoms with E-state index in [-0.39, 0.29) is 66.1 Å². The topological polar surface area (TPSA) is 87.8 Å². The SMILES string of the molecule is C[C@@]12CCCCC[C@@H](Cc3c(F)cc(COCC(=O)CCCCOCCCCC(=O)Oc4cc(F)c5c(c4)[C@H]4CCCCC[C@@H](C5)[C@@H]4N)cc31)C2. The van der Waals surface area contributed by atoms with Crippen LogP contribution in [0.2, 0.25) is 0 Å². The quantitative estimate of drug-likeness (QED) is 0.113. The van der Waals surface area contributed by atoms with Crippen molar-refractivity contribution in [2.45, 2.75) is 153 Å². The average molecular weight is 708 g/mol. The van der Waals surface area contributed by atoms with E-state index in [1.54, 1.807) is 6.07 Å². The van der Waals surface area contributed by atoms with Crippen molar-refractivity contribution in [3.05, 3.63) is 63.7 Å². The molecular formula is C43H59F2NO5. The molecule has 2 fully saturated rings. The van der Waals surface area contributed by atoms with Gasteiger partial charge in [-0.25, -0.2) is 8.78 Å². The highest BCUT2D eigenvalue weighted by molar-refractivity contribution is 5.79. The van der Waals surface area contributed by atoms with E-state index < -0.39 is 0 Å². The van der Waals surface area contributed by atoms with Gasteiger partial charge in [0.05, 0.1) is 6.61 Å². The van der Waals surface area contributed by atoms with Crippen molar-refractivity contribution in [2.75, 3.05) is 19.8 Å². The minimum atomic E-state index is -0.370. The van der Waals surface area contributed by atoms with Crippen LogP contribution in [0.4, 0.5) is 8.78 Å². The number of unbranched alkanes of at least 4 members (excludes halogenated alkanes) is 2. The Morgan fingerprint density at radius 3 is 2.41 bits per heavy atom. The number of rotatable bonds is 15. The number of benzene rings is 2. The van der Waals surface area contributed by atoms with Crippen molar-refractivity contribution < 1.29 is 32.6 Å². The van der Waals surface area contributed by atoms with Crippen molar-refractivity contribution in [1.82, 2.24) is 0 Å². The molecule has 6 nitrogen and oxygen atoms in total. The Balaban J connectivity index is 0.827. The first kappa shape index (κ1) is 38.1. The Labute approximate surface area is 303 Å². The Bertz CT molecular complexity index is 1510. The molecule has 0 amide bonds. The molecule has 4 aliphatic carbocycles. The molecule has 0 spiro atoms. The molecule has 0 aliphatic heterocycles. The number of Topliss-reactive ketones (excluding diaryl/α,β-unsaturated/α-hetero) is 1. The lowest BCUT2D eigenvalue weighted by molar-refractivity contribution is -0.134. The summed E-state index contributed by atoms with van der Waals surface area (Å²) in [4.78, 5) is 25.0. The number of hydrogen-bond acceptors (Lipinski definition) is 6. The summed E-state index contributed by atoms with van der Waals surface area (Å²) < 4.78 is 47.4. The highest BCUT2D eigenvalue weighted by Crippen LogP contribution is 2.47. The summed E-state index contributed by atoms with van der Waals surface area (Å²) in [7, 11) is 0. The van der Waals surface area contributed by atoms with Gasteiger partial charge in [-0.1, -0.05) is 57.9 Å². The molecule has 5 atom stereocenters. The third-order valence-corrected chi connectivity index (χ3v) is 12.3. The molecule has 2 saturated carbocycles. The second kappa shape index (κ2) is 17.9. The van der Waals surface area contributed by atoms with E-state index >= 15 is 8.78 Å². The summed E-state index contributed by atoms with van der Waals surface area (Å²) in [6.45, 7) is 3.65. The summed E-state index contributed by atoms with van der Waals surface area (Å²) in [5, 5.41) is 0. The first-order chi connectivity index (χ1) is 24.7. The number of fused-ring (bicyclic) bond motifs is 8. The molecule has 8 heteroatoms. The number of carbonyl (C=O) groups excluding carboxylic acids is 2. The minimum Gasteiger partial charge on any atom is -0.426 e. The molecule has 2 aromatic rings. The van der Waals surface area contributed by atoms with Crippen molar-refractivity contribution in [1.29, 1.82) is 0 Å². The van der Waals surface area contributed by atoms with Crippen LogP contribution < -0.4 is 10.5 Å². The largest absolute Gasteiger partial charge is 0.426 e. The molecule has 4 bridgehead atoms. The Morgan fingerprint density at radius 2 is 1.57 bits per heavy atom. The lowest BCUT2D eigenvalue weighted by atomic mass is 9.62. The molecule has 6 rings (SSSR count). The van der Waals surface area contributed by atoms with Gasteiger partial charge in [0.1, 0.15) is 24.0 Å². The summed E-state index contributed by atoms with van der Waals surface area (Å²) >= 11 is 0. The molecule has 4 aliphatic rings. The third-order valence-electron chi connectivity index (χ3n) is 12.3. The van der Waals surface area contributed by atoms with E-state index in [0.29, 0.717) is 57.2 Å². The maximum atomic E-state index is 15.2. The van der Waals surface area contributed by atoms with Gasteiger partial charge in [0, 0.05) is 38.2 Å². The Kier molecular flexibility index (Phi) is 13.4. The highest BCUT2D eigenvalue weighted by atomic mass is 19.1. The van der Waals surface area contributed by atoms with E-state index in [0.717, 1.165) is 79.2 Å². The molecular weight excluding hydrogens is 648 g/mol. The van der Waals surface area contributed by atoms with Crippen LogP contribution in [0.3, 0.4) is 0 Å². The normalized spacial score (nSPS) is 25.8. The van der Waals surface area contributed by atoms with Gasteiger partial charge in [0.2, 0.25) is 0 Å². The zero-order chi connectivity index (χ0) is 35.8. The Morgan fingerprint density at radius 1 is 0.824 bits per heavy atom. The zero-order valence-corrected chi connectivity index (χ0v) is 30.8. The number of halogens is 2. The zero-order valence-electron chi connectivity index (χ0n) is 30.8. The van der Waals surface area contributed by atoms with Crippen LogP contribution in [0.25, 0.3) is 0 Å². The van der Waals surface area contributed by atoms with Crippen LogP contribution in [-0.4, -0.2) is 37.6 Å². The fourth-order valence-corrected chi connectivity index (χ4v) is 9.60. The van der Waals surface area contributed by atoms with Crippen molar-refractivity contribution in [3.8, 4) is 5.75 Å². The number of ether oxygens (including phenoxy) is 3. The van der Waals surface area contributed by atoms with E-state index in [2.05, 4.69) is 13.0 Å². The monoisotopic (exact) mass is 707 g/mol. The summed E-state index contributed by atoms with van der Waals surface area (Å²) in [5.74, 6) is 0.548. The van der Waals surface area contributed by atoms with Crippen LogP contribution in [0.5, 0.6) is 5.75 Å². The van der Waals surface area contributed by atoms with Gasteiger partial charge < -0.3 is 19.9 Å². The lowest BCUT2D eigenvalue weighted by Crippen LogP contribution is -2.42. The first-order valence-corrected chi connectivity index (χ1v) is 20.0. The van der Waals surface area contributed by atoms with Gasteiger partial charge in [0.15, 0.2) is 5.78 Å². The maximum absolute atomic E-state index is 15.2. The molecule has 280 valence electrons. The molecule has 0 unspecified atom stereocenters. The first-order valence-electron chi connectivity index (χ1n) is 20.0. The van der Waals surface area contributed by atoms with Crippen LogP contribution in [0.15, 0.2) is 24.3 Å². The summed E-state index contributed by atoms with van der Waals surface area (Å²) in [5.41, 5.74) is 11.2. The fraction of sp³-hybridized carbons (Fsp3) is 0.674. The van der Waals surface area contributed by atoms with Crippen LogP contribution in [0, 0.1) is 23.5 Å². The van der Waals surface area contributed by atoms with E-state index in [9.17, 15) is 9.59 Å². The van der Waals surface area contributed by atoms with Gasteiger partial charge in [-0.3, -0.25) is 9.59 Å². The highest BCUT2D eigenvalue weighted by Gasteiger charge is 2.39. The molecule has 2 N–H and O–H groups in total. The Hall–Kier alpha value is -2.68. The number of hydrogen-bond donors (Lipinski definition) is 1. The average Bonchev–Trinajstić information content (AvgIpc) is 3.08. The van der Waals surface area contributed by atoms with Gasteiger partial charge in [-0.05, 0) is 127 Å². The third kappa shape index (κ3) is 9.85. The number of ketones is 1. The molecule has 0 heterocycles. The minimum absolute atomic E-state index is 0.0253. The van der Waals surface area contributed by atoms with Gasteiger partial charge in [-0.2, -0.15) is 0 Å². The summed E-state index contributed by atoms with van der Waals surface area (Å²) in [6.07, 6.45) is 17.5. The fourth-order valence-electron chi connectivity index (χ4n) is 9.60. The van der Waals surface area contributed by atoms with Crippen molar-refractivity contribution in [3.63, 3.8) is 0 Å².